The fourth-order valence-corrected chi connectivity index (χ4v) is 2.89. The van der Waals surface area contributed by atoms with Gasteiger partial charge in [-0.15, -0.1) is 0 Å². The van der Waals surface area contributed by atoms with Crippen LogP contribution in [0.3, 0.4) is 0 Å². The molecular formula is C10H14O2. The second-order valence-corrected chi connectivity index (χ2v) is 4.61. The Balaban J connectivity index is 2.40. The van der Waals surface area contributed by atoms with E-state index in [0.29, 0.717) is 0 Å². The van der Waals surface area contributed by atoms with Crippen LogP contribution in [0.5, 0.6) is 0 Å². The maximum absolute atomic E-state index is 11.5. The molecule has 2 aliphatic carbocycles. The molecule has 0 N–H and O–H groups in total. The third-order valence-corrected chi connectivity index (χ3v) is 3.67. The van der Waals surface area contributed by atoms with Crippen molar-refractivity contribution < 1.29 is 9.59 Å². The molecule has 2 fully saturated rings. The average molecular weight is 166 g/mol. The molecule has 12 heavy (non-hydrogen) atoms. The highest BCUT2D eigenvalue weighted by atomic mass is 16.2. The van der Waals surface area contributed by atoms with Crippen LogP contribution in [-0.4, -0.2) is 11.6 Å². The summed E-state index contributed by atoms with van der Waals surface area (Å²) in [5, 5.41) is 0. The zero-order valence-electron chi connectivity index (χ0n) is 7.59. The fourth-order valence-electron chi connectivity index (χ4n) is 2.89. The second kappa shape index (κ2) is 2.18. The zero-order valence-corrected chi connectivity index (χ0v) is 7.59. The monoisotopic (exact) mass is 166 g/mol. The van der Waals surface area contributed by atoms with Crippen LogP contribution in [-0.2, 0) is 9.59 Å². The molecule has 0 aromatic carbocycles. The molecule has 0 amide bonds. The molecule has 0 radical (unpaired) electrons. The molecule has 0 aliphatic heterocycles. The minimum Gasteiger partial charge on any atom is -0.299 e. The quantitative estimate of drug-likeness (QED) is 0.512. The number of Topliss-reactive ketones (excluding diaryl/α,β-unsaturated/α-hetero) is 2. The van der Waals surface area contributed by atoms with Crippen molar-refractivity contribution in [3.63, 3.8) is 0 Å². The lowest BCUT2D eigenvalue weighted by Gasteiger charge is -2.35. The van der Waals surface area contributed by atoms with Gasteiger partial charge in [-0.25, -0.2) is 0 Å². The summed E-state index contributed by atoms with van der Waals surface area (Å²) in [5.74, 6) is 0.693. The number of ketones is 2. The van der Waals surface area contributed by atoms with Crippen molar-refractivity contribution in [3.05, 3.63) is 0 Å². The van der Waals surface area contributed by atoms with Gasteiger partial charge in [-0.05, 0) is 18.3 Å². The van der Waals surface area contributed by atoms with E-state index in [0.717, 1.165) is 12.8 Å². The lowest BCUT2D eigenvalue weighted by atomic mass is 9.67. The summed E-state index contributed by atoms with van der Waals surface area (Å²) in [6, 6.07) is 0. The number of hydrogen-bond acceptors (Lipinski definition) is 2. The summed E-state index contributed by atoms with van der Waals surface area (Å²) in [7, 11) is 0. The van der Waals surface area contributed by atoms with Crippen molar-refractivity contribution in [3.8, 4) is 0 Å². The van der Waals surface area contributed by atoms with Crippen LogP contribution in [0.1, 0.15) is 33.1 Å². The van der Waals surface area contributed by atoms with E-state index in [1.54, 1.807) is 0 Å². The van der Waals surface area contributed by atoms with Crippen molar-refractivity contribution in [1.82, 2.24) is 0 Å². The predicted molar refractivity (Wildman–Crippen MR) is 44.6 cm³/mol. The van der Waals surface area contributed by atoms with Gasteiger partial charge in [0, 0.05) is 11.8 Å². The van der Waals surface area contributed by atoms with Gasteiger partial charge in [0.25, 0.3) is 0 Å². The first-order valence-electron chi connectivity index (χ1n) is 4.59. The highest BCUT2D eigenvalue weighted by Crippen LogP contribution is 2.51. The predicted octanol–water partition coefficient (Wildman–Crippen LogP) is 1.58. The zero-order chi connectivity index (χ0) is 8.93. The first-order chi connectivity index (χ1) is 5.53. The van der Waals surface area contributed by atoms with E-state index in [2.05, 4.69) is 13.8 Å². The Morgan fingerprint density at radius 1 is 1.08 bits per heavy atom. The van der Waals surface area contributed by atoms with E-state index in [1.807, 2.05) is 0 Å². The van der Waals surface area contributed by atoms with Gasteiger partial charge >= 0.3 is 0 Å². The number of rotatable bonds is 0. The molecule has 0 aromatic rings. The maximum Gasteiger partial charge on any atom is 0.143 e. The summed E-state index contributed by atoms with van der Waals surface area (Å²) in [5.41, 5.74) is -0.0492. The van der Waals surface area contributed by atoms with Gasteiger partial charge in [-0.3, -0.25) is 9.59 Å². The van der Waals surface area contributed by atoms with E-state index in [1.165, 1.54) is 0 Å². The van der Waals surface area contributed by atoms with Crippen molar-refractivity contribution in [2.75, 3.05) is 0 Å². The largest absolute Gasteiger partial charge is 0.299 e. The highest BCUT2D eigenvalue weighted by Gasteiger charge is 2.53. The van der Waals surface area contributed by atoms with Gasteiger partial charge in [0.15, 0.2) is 0 Å². The molecule has 2 atom stereocenters. The topological polar surface area (TPSA) is 34.1 Å². The van der Waals surface area contributed by atoms with Crippen molar-refractivity contribution >= 4 is 11.6 Å². The summed E-state index contributed by atoms with van der Waals surface area (Å²) >= 11 is 0. The number of carbonyl (C=O) groups is 2. The number of carbonyl (C=O) groups excluding carboxylic acids is 2. The number of hydrogen-bond donors (Lipinski definition) is 0. The first kappa shape index (κ1) is 7.96. The molecule has 66 valence electrons. The molecular weight excluding hydrogens is 152 g/mol. The Kier molecular flexibility index (Phi) is 1.45. The van der Waals surface area contributed by atoms with Crippen LogP contribution in [0.4, 0.5) is 0 Å². The maximum atomic E-state index is 11.5. The normalized spacial score (nSPS) is 38.8. The summed E-state index contributed by atoms with van der Waals surface area (Å²) in [6.07, 6.45) is 2.07. The van der Waals surface area contributed by atoms with E-state index < -0.39 is 0 Å². The van der Waals surface area contributed by atoms with E-state index >= 15 is 0 Å². The molecule has 2 rings (SSSR count). The van der Waals surface area contributed by atoms with Gasteiger partial charge < -0.3 is 0 Å². The molecule has 2 saturated carbocycles. The van der Waals surface area contributed by atoms with Gasteiger partial charge in [0.2, 0.25) is 0 Å². The molecule has 2 heteroatoms. The smallest absolute Gasteiger partial charge is 0.143 e. The van der Waals surface area contributed by atoms with Crippen LogP contribution in [0.25, 0.3) is 0 Å². The van der Waals surface area contributed by atoms with Crippen LogP contribution in [0.2, 0.25) is 0 Å². The van der Waals surface area contributed by atoms with Crippen molar-refractivity contribution in [2.45, 2.75) is 33.1 Å². The van der Waals surface area contributed by atoms with E-state index in [9.17, 15) is 9.59 Å². The van der Waals surface area contributed by atoms with E-state index in [4.69, 9.17) is 0 Å². The Labute approximate surface area is 72.3 Å². The SMILES string of the molecule is CC1(C)C2CCC1C(=O)CC2=O. The summed E-state index contributed by atoms with van der Waals surface area (Å²) in [4.78, 5) is 22.9. The van der Waals surface area contributed by atoms with Crippen molar-refractivity contribution in [2.24, 2.45) is 17.3 Å². The standard InChI is InChI=1S/C10H14O2/c1-10(2)6-3-4-7(10)9(12)5-8(6)11/h6-7H,3-5H2,1-2H3. The minimum atomic E-state index is -0.0492. The van der Waals surface area contributed by atoms with Gasteiger partial charge in [-0.2, -0.15) is 0 Å². The molecule has 0 saturated heterocycles. The molecule has 2 bridgehead atoms. The number of fused-ring (bicyclic) bond motifs is 2. The van der Waals surface area contributed by atoms with Gasteiger partial charge in [0.05, 0.1) is 6.42 Å². The van der Waals surface area contributed by atoms with Crippen LogP contribution in [0, 0.1) is 17.3 Å². The van der Waals surface area contributed by atoms with Crippen LogP contribution < -0.4 is 0 Å². The molecule has 2 unspecified atom stereocenters. The Morgan fingerprint density at radius 2 is 1.50 bits per heavy atom. The Bertz CT molecular complexity index is 229. The third-order valence-electron chi connectivity index (χ3n) is 3.67. The Morgan fingerprint density at radius 3 is 1.92 bits per heavy atom. The van der Waals surface area contributed by atoms with Crippen LogP contribution >= 0.6 is 0 Å². The Hall–Kier alpha value is -0.660. The highest BCUT2D eigenvalue weighted by molar-refractivity contribution is 6.05. The molecule has 0 aromatic heterocycles. The summed E-state index contributed by atoms with van der Waals surface area (Å²) in [6.45, 7) is 4.12. The van der Waals surface area contributed by atoms with Gasteiger partial charge in [-0.1, -0.05) is 13.8 Å². The van der Waals surface area contributed by atoms with E-state index in [-0.39, 0.29) is 35.2 Å². The lowest BCUT2D eigenvalue weighted by Crippen LogP contribution is -2.40. The second-order valence-electron chi connectivity index (χ2n) is 4.61. The van der Waals surface area contributed by atoms with Crippen LogP contribution in [0.15, 0.2) is 0 Å². The third kappa shape index (κ3) is 0.809. The first-order valence-corrected chi connectivity index (χ1v) is 4.59. The molecule has 2 aliphatic rings. The fraction of sp³-hybridized carbons (Fsp3) is 0.800. The summed E-state index contributed by atoms with van der Waals surface area (Å²) < 4.78 is 0. The molecule has 0 heterocycles. The molecule has 0 spiro atoms. The lowest BCUT2D eigenvalue weighted by molar-refractivity contribution is -0.139. The van der Waals surface area contributed by atoms with Crippen molar-refractivity contribution in [1.29, 1.82) is 0 Å². The minimum absolute atomic E-state index is 0.0492. The van der Waals surface area contributed by atoms with Gasteiger partial charge in [0.1, 0.15) is 11.6 Å². The molecule has 2 nitrogen and oxygen atoms in total. The average Bonchev–Trinajstić information content (AvgIpc) is 2.13.